The minimum Gasteiger partial charge on any atom is -0.308 e. The number of nitrogens with one attached hydrogen (secondary N) is 1. The summed E-state index contributed by atoms with van der Waals surface area (Å²) in [6, 6.07) is 12.9. The van der Waals surface area contributed by atoms with Crippen LogP contribution in [0.4, 0.5) is 0 Å². The van der Waals surface area contributed by atoms with Crippen molar-refractivity contribution >= 4 is 0 Å². The first-order valence-electron chi connectivity index (χ1n) is 7.25. The zero-order valence-corrected chi connectivity index (χ0v) is 12.7. The molecule has 2 rings (SSSR count). The first-order valence-corrected chi connectivity index (χ1v) is 7.25. The fraction of sp³-hybridized carbons (Fsp3) is 0.389. The van der Waals surface area contributed by atoms with Gasteiger partial charge in [-0.05, 0) is 50.3 Å². The molecule has 0 atom stereocenters. The minimum atomic E-state index is 0.125. The molecule has 1 heterocycles. The minimum absolute atomic E-state index is 0.125. The molecule has 20 heavy (non-hydrogen) atoms. The van der Waals surface area contributed by atoms with Crippen LogP contribution in [-0.4, -0.2) is 10.5 Å². The lowest BCUT2D eigenvalue weighted by molar-refractivity contribution is 0.360. The van der Waals surface area contributed by atoms with Crippen molar-refractivity contribution in [2.75, 3.05) is 0 Å². The van der Waals surface area contributed by atoms with E-state index in [0.717, 1.165) is 19.4 Å². The molecule has 1 N–H and O–H groups in total. The third kappa shape index (κ3) is 4.78. The summed E-state index contributed by atoms with van der Waals surface area (Å²) in [6.07, 6.45) is 6.06. The molecule has 0 bridgehead atoms. The Hall–Kier alpha value is -1.67. The van der Waals surface area contributed by atoms with Gasteiger partial charge in [0.05, 0.1) is 0 Å². The summed E-state index contributed by atoms with van der Waals surface area (Å²) in [5.41, 5.74) is 3.99. The number of hydrogen-bond acceptors (Lipinski definition) is 2. The Morgan fingerprint density at radius 1 is 1.05 bits per heavy atom. The molecule has 0 aliphatic rings. The first-order chi connectivity index (χ1) is 9.55. The van der Waals surface area contributed by atoms with E-state index in [4.69, 9.17) is 0 Å². The predicted molar refractivity (Wildman–Crippen MR) is 84.7 cm³/mol. The first kappa shape index (κ1) is 14.7. The third-order valence-corrected chi connectivity index (χ3v) is 3.58. The zero-order valence-electron chi connectivity index (χ0n) is 12.7. The van der Waals surface area contributed by atoms with Gasteiger partial charge in [0.2, 0.25) is 0 Å². The van der Waals surface area contributed by atoms with E-state index in [1.165, 1.54) is 16.7 Å². The van der Waals surface area contributed by atoms with E-state index in [0.29, 0.717) is 0 Å². The Morgan fingerprint density at radius 3 is 2.50 bits per heavy atom. The van der Waals surface area contributed by atoms with Gasteiger partial charge < -0.3 is 5.32 Å². The number of pyridine rings is 1. The number of aryl methyl sites for hydroxylation is 2. The molecule has 0 saturated heterocycles. The van der Waals surface area contributed by atoms with Crippen LogP contribution in [0.5, 0.6) is 0 Å². The molecular weight excluding hydrogens is 244 g/mol. The van der Waals surface area contributed by atoms with Crippen LogP contribution in [-0.2, 0) is 13.0 Å². The molecule has 0 aliphatic heterocycles. The monoisotopic (exact) mass is 268 g/mol. The molecule has 2 heteroatoms. The van der Waals surface area contributed by atoms with Crippen molar-refractivity contribution in [2.45, 2.75) is 45.7 Å². The molecule has 2 aromatic rings. The van der Waals surface area contributed by atoms with Crippen LogP contribution in [0.2, 0.25) is 0 Å². The van der Waals surface area contributed by atoms with Crippen LogP contribution in [0.25, 0.3) is 0 Å². The van der Waals surface area contributed by atoms with Crippen LogP contribution in [0, 0.1) is 6.92 Å². The molecule has 1 aromatic heterocycles. The molecule has 0 unspecified atom stereocenters. The number of nitrogens with zero attached hydrogens (tertiary/aromatic N) is 1. The Morgan fingerprint density at radius 2 is 1.80 bits per heavy atom. The van der Waals surface area contributed by atoms with Gasteiger partial charge in [0.1, 0.15) is 0 Å². The molecule has 0 spiro atoms. The predicted octanol–water partition coefficient (Wildman–Crippen LogP) is 3.89. The molecule has 0 fully saturated rings. The van der Waals surface area contributed by atoms with Crippen molar-refractivity contribution in [3.63, 3.8) is 0 Å². The van der Waals surface area contributed by atoms with Gasteiger partial charge in [0.15, 0.2) is 0 Å². The maximum absolute atomic E-state index is 4.24. The van der Waals surface area contributed by atoms with Crippen molar-refractivity contribution in [1.29, 1.82) is 0 Å². The van der Waals surface area contributed by atoms with Gasteiger partial charge in [-0.3, -0.25) is 4.98 Å². The molecule has 0 radical (unpaired) electrons. The van der Waals surface area contributed by atoms with Crippen LogP contribution in [0.15, 0.2) is 48.8 Å². The van der Waals surface area contributed by atoms with E-state index in [2.05, 4.69) is 67.5 Å². The summed E-state index contributed by atoms with van der Waals surface area (Å²) >= 11 is 0. The van der Waals surface area contributed by atoms with E-state index >= 15 is 0 Å². The van der Waals surface area contributed by atoms with Gasteiger partial charge in [-0.2, -0.15) is 0 Å². The molecule has 0 aliphatic carbocycles. The lowest BCUT2D eigenvalue weighted by Crippen LogP contribution is -2.39. The Balaban J connectivity index is 1.84. The smallest absolute Gasteiger partial charge is 0.0313 e. The highest BCUT2D eigenvalue weighted by Crippen LogP contribution is 2.14. The summed E-state index contributed by atoms with van der Waals surface area (Å²) in [5.74, 6) is 0. The van der Waals surface area contributed by atoms with E-state index < -0.39 is 0 Å². The number of rotatable bonds is 6. The summed E-state index contributed by atoms with van der Waals surface area (Å²) in [4.78, 5) is 4.24. The lowest BCUT2D eigenvalue weighted by Gasteiger charge is -2.26. The second kappa shape index (κ2) is 6.67. The topological polar surface area (TPSA) is 24.9 Å². The second-order valence-corrected chi connectivity index (χ2v) is 6.09. The number of hydrogen-bond donors (Lipinski definition) is 1. The molecule has 0 saturated carbocycles. The molecule has 1 aromatic carbocycles. The second-order valence-electron chi connectivity index (χ2n) is 6.09. The zero-order chi connectivity index (χ0) is 14.4. The highest BCUT2D eigenvalue weighted by molar-refractivity contribution is 5.17. The molecule has 2 nitrogen and oxygen atoms in total. The normalized spacial score (nSPS) is 11.6. The van der Waals surface area contributed by atoms with Crippen LogP contribution in [0.1, 0.15) is 37.0 Å². The summed E-state index contributed by atoms with van der Waals surface area (Å²) in [7, 11) is 0. The van der Waals surface area contributed by atoms with Gasteiger partial charge in [-0.25, -0.2) is 0 Å². The van der Waals surface area contributed by atoms with Gasteiger partial charge in [-0.1, -0.05) is 36.4 Å². The van der Waals surface area contributed by atoms with Crippen molar-refractivity contribution in [3.05, 3.63) is 65.5 Å². The van der Waals surface area contributed by atoms with Crippen molar-refractivity contribution in [2.24, 2.45) is 0 Å². The standard InChI is InChI=1S/C18H24N2/c1-15-11-17(13-19-12-15)14-20-18(2,3)10-9-16-7-5-4-6-8-16/h4-8,11-13,20H,9-10,14H2,1-3H3. The number of benzene rings is 1. The average molecular weight is 268 g/mol. The van der Waals surface area contributed by atoms with Gasteiger partial charge in [-0.15, -0.1) is 0 Å². The SMILES string of the molecule is Cc1cncc(CNC(C)(C)CCc2ccccc2)c1. The fourth-order valence-corrected chi connectivity index (χ4v) is 2.25. The average Bonchev–Trinajstić information content (AvgIpc) is 2.45. The van der Waals surface area contributed by atoms with E-state index in [9.17, 15) is 0 Å². The highest BCUT2D eigenvalue weighted by Gasteiger charge is 2.16. The Kier molecular flexibility index (Phi) is 4.91. The molecule has 106 valence electrons. The quantitative estimate of drug-likeness (QED) is 0.859. The summed E-state index contributed by atoms with van der Waals surface area (Å²) in [5, 5.41) is 3.63. The Labute approximate surface area is 122 Å². The maximum Gasteiger partial charge on any atom is 0.0313 e. The number of aromatic nitrogens is 1. The van der Waals surface area contributed by atoms with Crippen molar-refractivity contribution < 1.29 is 0 Å². The fourth-order valence-electron chi connectivity index (χ4n) is 2.25. The van der Waals surface area contributed by atoms with E-state index in [1.807, 2.05) is 12.4 Å². The van der Waals surface area contributed by atoms with E-state index in [-0.39, 0.29) is 5.54 Å². The summed E-state index contributed by atoms with van der Waals surface area (Å²) in [6.45, 7) is 7.48. The van der Waals surface area contributed by atoms with Crippen LogP contribution >= 0.6 is 0 Å². The van der Waals surface area contributed by atoms with Gasteiger partial charge in [0, 0.05) is 24.5 Å². The van der Waals surface area contributed by atoms with Crippen molar-refractivity contribution in [3.8, 4) is 0 Å². The lowest BCUT2D eigenvalue weighted by atomic mass is 9.95. The summed E-state index contributed by atoms with van der Waals surface area (Å²) < 4.78 is 0. The maximum atomic E-state index is 4.24. The van der Waals surface area contributed by atoms with Crippen LogP contribution < -0.4 is 5.32 Å². The van der Waals surface area contributed by atoms with Crippen LogP contribution in [0.3, 0.4) is 0 Å². The van der Waals surface area contributed by atoms with E-state index in [1.54, 1.807) is 0 Å². The third-order valence-electron chi connectivity index (χ3n) is 3.58. The molecule has 0 amide bonds. The van der Waals surface area contributed by atoms with Gasteiger partial charge >= 0.3 is 0 Å². The highest BCUT2D eigenvalue weighted by atomic mass is 14.9. The molecular formula is C18H24N2. The largest absolute Gasteiger partial charge is 0.308 e. The van der Waals surface area contributed by atoms with Gasteiger partial charge in [0.25, 0.3) is 0 Å². The van der Waals surface area contributed by atoms with Crippen molar-refractivity contribution in [1.82, 2.24) is 10.3 Å². The Bertz CT molecular complexity index is 532.